The molecular formula is C8H14O2. The largest absolute Gasteiger partial charge is 0.478 e. The smallest absolute Gasteiger partial charge is 0.330 e. The zero-order chi connectivity index (χ0) is 8.36. The fourth-order valence-corrected chi connectivity index (χ4v) is 0.716. The number of carboxylic acids is 1. The Kier molecular flexibility index (Phi) is 2.64. The average molecular weight is 142 g/mol. The molecule has 58 valence electrons. The number of hydrogen-bond acceptors (Lipinski definition) is 1. The van der Waals surface area contributed by atoms with E-state index in [0.29, 0.717) is 6.42 Å². The molecule has 0 aliphatic carbocycles. The number of aliphatic carboxylic acids is 1. The summed E-state index contributed by atoms with van der Waals surface area (Å²) >= 11 is 0. The molecule has 0 unspecified atom stereocenters. The molecule has 0 spiro atoms. The molecule has 0 fully saturated rings. The van der Waals surface area contributed by atoms with Crippen LogP contribution in [0.5, 0.6) is 0 Å². The molecule has 0 saturated carbocycles. The van der Waals surface area contributed by atoms with E-state index in [1.165, 1.54) is 0 Å². The van der Waals surface area contributed by atoms with Gasteiger partial charge in [-0.25, -0.2) is 4.79 Å². The lowest BCUT2D eigenvalue weighted by Crippen LogP contribution is -2.10. The van der Waals surface area contributed by atoms with E-state index >= 15 is 0 Å². The lowest BCUT2D eigenvalue weighted by molar-refractivity contribution is -0.133. The lowest BCUT2D eigenvalue weighted by atomic mass is 9.88. The van der Waals surface area contributed by atoms with Crippen molar-refractivity contribution in [3.05, 3.63) is 12.2 Å². The van der Waals surface area contributed by atoms with Gasteiger partial charge < -0.3 is 5.11 Å². The number of hydrogen-bond donors (Lipinski definition) is 1. The molecule has 0 aliphatic heterocycles. The van der Waals surface area contributed by atoms with Crippen LogP contribution in [0.1, 0.15) is 27.2 Å². The summed E-state index contributed by atoms with van der Waals surface area (Å²) in [5.41, 5.74) is 0.308. The molecule has 0 aromatic carbocycles. The molecule has 0 aromatic heterocycles. The van der Waals surface area contributed by atoms with Gasteiger partial charge in [0, 0.05) is 5.57 Å². The normalized spacial score (nSPS) is 11.1. The van der Waals surface area contributed by atoms with Crippen molar-refractivity contribution in [1.29, 1.82) is 0 Å². The van der Waals surface area contributed by atoms with Crippen LogP contribution in [0.4, 0.5) is 0 Å². The summed E-state index contributed by atoms with van der Waals surface area (Å²) in [6.45, 7) is 9.40. The molecule has 0 bridgehead atoms. The minimum Gasteiger partial charge on any atom is -0.478 e. The summed E-state index contributed by atoms with van der Waals surface area (Å²) in [6, 6.07) is 0. The minimum atomic E-state index is -0.894. The Bertz CT molecular complexity index is 151. The summed E-state index contributed by atoms with van der Waals surface area (Å²) in [7, 11) is 0. The third-order valence-electron chi connectivity index (χ3n) is 1.05. The maximum absolute atomic E-state index is 10.3. The molecule has 0 amide bonds. The van der Waals surface area contributed by atoms with E-state index in [9.17, 15) is 4.79 Å². The summed E-state index contributed by atoms with van der Waals surface area (Å²) in [4.78, 5) is 10.3. The highest BCUT2D eigenvalue weighted by Gasteiger charge is 2.15. The third kappa shape index (κ3) is 4.13. The fourth-order valence-electron chi connectivity index (χ4n) is 0.716. The third-order valence-corrected chi connectivity index (χ3v) is 1.05. The van der Waals surface area contributed by atoms with Crippen molar-refractivity contribution in [3.63, 3.8) is 0 Å². The van der Waals surface area contributed by atoms with Crippen LogP contribution in [-0.4, -0.2) is 11.1 Å². The summed E-state index contributed by atoms with van der Waals surface area (Å²) in [5, 5.41) is 8.45. The molecular weight excluding hydrogens is 128 g/mol. The van der Waals surface area contributed by atoms with E-state index in [4.69, 9.17) is 5.11 Å². The maximum atomic E-state index is 10.3. The van der Waals surface area contributed by atoms with Crippen molar-refractivity contribution in [1.82, 2.24) is 0 Å². The average Bonchev–Trinajstić information content (AvgIpc) is 1.60. The standard InChI is InChI=1S/C8H14O2/c1-6(7(9)10)5-8(2,3)4/h1,5H2,2-4H3,(H,9,10). The number of carboxylic acid groups (broad SMARTS) is 1. The molecule has 0 atom stereocenters. The van der Waals surface area contributed by atoms with Crippen molar-refractivity contribution in [2.24, 2.45) is 5.41 Å². The Balaban J connectivity index is 3.93. The van der Waals surface area contributed by atoms with Crippen LogP contribution >= 0.6 is 0 Å². The zero-order valence-corrected chi connectivity index (χ0v) is 6.77. The Hall–Kier alpha value is -0.790. The van der Waals surface area contributed by atoms with E-state index in [-0.39, 0.29) is 11.0 Å². The SMILES string of the molecule is C=C(CC(C)(C)C)C(=O)O. The topological polar surface area (TPSA) is 37.3 Å². The minimum absolute atomic E-state index is 0.0233. The van der Waals surface area contributed by atoms with Gasteiger partial charge in [-0.1, -0.05) is 27.4 Å². The van der Waals surface area contributed by atoms with Gasteiger partial charge in [-0.3, -0.25) is 0 Å². The van der Waals surface area contributed by atoms with Gasteiger partial charge in [0.15, 0.2) is 0 Å². The highest BCUT2D eigenvalue weighted by molar-refractivity contribution is 5.85. The van der Waals surface area contributed by atoms with Gasteiger partial charge in [0.25, 0.3) is 0 Å². The van der Waals surface area contributed by atoms with Gasteiger partial charge >= 0.3 is 5.97 Å². The molecule has 0 heterocycles. The van der Waals surface area contributed by atoms with Crippen molar-refractivity contribution >= 4 is 5.97 Å². The van der Waals surface area contributed by atoms with Crippen LogP contribution in [0.3, 0.4) is 0 Å². The lowest BCUT2D eigenvalue weighted by Gasteiger charge is -2.17. The molecule has 0 radical (unpaired) electrons. The highest BCUT2D eigenvalue weighted by Crippen LogP contribution is 2.22. The first-order chi connectivity index (χ1) is 4.33. The van der Waals surface area contributed by atoms with E-state index in [2.05, 4.69) is 6.58 Å². The second-order valence-corrected chi connectivity index (χ2v) is 3.65. The van der Waals surface area contributed by atoms with Crippen molar-refractivity contribution in [2.45, 2.75) is 27.2 Å². The first-order valence-corrected chi connectivity index (χ1v) is 3.24. The van der Waals surface area contributed by atoms with Gasteiger partial charge in [0.05, 0.1) is 0 Å². The van der Waals surface area contributed by atoms with Crippen LogP contribution in [0.15, 0.2) is 12.2 Å². The predicted octanol–water partition coefficient (Wildman–Crippen LogP) is 2.06. The first-order valence-electron chi connectivity index (χ1n) is 3.24. The molecule has 0 aliphatic rings. The first kappa shape index (κ1) is 9.21. The van der Waals surface area contributed by atoms with E-state index in [0.717, 1.165) is 0 Å². The second-order valence-electron chi connectivity index (χ2n) is 3.65. The Morgan fingerprint density at radius 1 is 1.50 bits per heavy atom. The predicted molar refractivity (Wildman–Crippen MR) is 40.8 cm³/mol. The van der Waals surface area contributed by atoms with Crippen molar-refractivity contribution < 1.29 is 9.90 Å². The van der Waals surface area contributed by atoms with Gasteiger partial charge in [-0.15, -0.1) is 0 Å². The Morgan fingerprint density at radius 3 is 2.00 bits per heavy atom. The molecule has 0 aromatic rings. The molecule has 0 saturated heterocycles. The second kappa shape index (κ2) is 2.86. The zero-order valence-electron chi connectivity index (χ0n) is 6.77. The summed E-state index contributed by atoms with van der Waals surface area (Å²) in [6.07, 6.45) is 0.544. The van der Waals surface area contributed by atoms with Crippen LogP contribution in [0.25, 0.3) is 0 Å². The monoisotopic (exact) mass is 142 g/mol. The van der Waals surface area contributed by atoms with Crippen molar-refractivity contribution in [2.75, 3.05) is 0 Å². The molecule has 0 rings (SSSR count). The van der Waals surface area contributed by atoms with Crippen LogP contribution in [0, 0.1) is 5.41 Å². The Morgan fingerprint density at radius 2 is 1.90 bits per heavy atom. The van der Waals surface area contributed by atoms with E-state index < -0.39 is 5.97 Å². The van der Waals surface area contributed by atoms with Crippen molar-refractivity contribution in [3.8, 4) is 0 Å². The van der Waals surface area contributed by atoms with Gasteiger partial charge in [0.2, 0.25) is 0 Å². The number of rotatable bonds is 2. The number of carbonyl (C=O) groups is 1. The van der Waals surface area contributed by atoms with E-state index in [1.807, 2.05) is 20.8 Å². The van der Waals surface area contributed by atoms with Gasteiger partial charge in [-0.2, -0.15) is 0 Å². The Labute approximate surface area is 61.6 Å². The van der Waals surface area contributed by atoms with Crippen LogP contribution in [-0.2, 0) is 4.79 Å². The van der Waals surface area contributed by atoms with Crippen LogP contribution in [0.2, 0.25) is 0 Å². The van der Waals surface area contributed by atoms with E-state index in [1.54, 1.807) is 0 Å². The maximum Gasteiger partial charge on any atom is 0.330 e. The highest BCUT2D eigenvalue weighted by atomic mass is 16.4. The van der Waals surface area contributed by atoms with Gasteiger partial charge in [0.1, 0.15) is 0 Å². The quantitative estimate of drug-likeness (QED) is 0.599. The molecule has 2 nitrogen and oxygen atoms in total. The van der Waals surface area contributed by atoms with Crippen LogP contribution < -0.4 is 0 Å². The van der Waals surface area contributed by atoms with Gasteiger partial charge in [-0.05, 0) is 11.8 Å². The molecule has 1 N–H and O–H groups in total. The molecule has 2 heteroatoms. The molecule has 10 heavy (non-hydrogen) atoms. The summed E-state index contributed by atoms with van der Waals surface area (Å²) in [5.74, 6) is -0.894. The summed E-state index contributed by atoms with van der Waals surface area (Å²) < 4.78 is 0. The fraction of sp³-hybridized carbons (Fsp3) is 0.625.